The van der Waals surface area contributed by atoms with Gasteiger partial charge in [0.1, 0.15) is 0 Å². The normalized spacial score (nSPS) is 16.1. The van der Waals surface area contributed by atoms with Crippen LogP contribution in [0.1, 0.15) is 36.1 Å². The van der Waals surface area contributed by atoms with Gasteiger partial charge in [-0.15, -0.1) is 0 Å². The Bertz CT molecular complexity index is 1320. The van der Waals surface area contributed by atoms with E-state index < -0.39 is 17.6 Å². The molecule has 1 fully saturated rings. The van der Waals surface area contributed by atoms with Gasteiger partial charge in [0, 0.05) is 43.3 Å². The van der Waals surface area contributed by atoms with Crippen molar-refractivity contribution in [3.8, 4) is 0 Å². The second-order valence-corrected chi connectivity index (χ2v) is 9.09. The van der Waals surface area contributed by atoms with Crippen molar-refractivity contribution >= 4 is 29.2 Å². The summed E-state index contributed by atoms with van der Waals surface area (Å²) in [6.07, 6.45) is 1.03. The average Bonchev–Trinajstić information content (AvgIpc) is 2.89. The number of nitrogens with one attached hydrogen (secondary N) is 3. The zero-order valence-corrected chi connectivity index (χ0v) is 21.2. The molecule has 1 aliphatic rings. The summed E-state index contributed by atoms with van der Waals surface area (Å²) in [6.45, 7) is 10.0. The maximum atomic E-state index is 14.4. The van der Waals surface area contributed by atoms with E-state index in [1.807, 2.05) is 43.0 Å². The van der Waals surface area contributed by atoms with Crippen LogP contribution >= 0.6 is 0 Å². The Labute approximate surface area is 219 Å². The highest BCUT2D eigenvalue weighted by molar-refractivity contribution is 5.76. The Morgan fingerprint density at radius 1 is 1.24 bits per heavy atom. The van der Waals surface area contributed by atoms with Gasteiger partial charge in [-0.1, -0.05) is 31.7 Å². The maximum absolute atomic E-state index is 14.4. The van der Waals surface area contributed by atoms with Crippen molar-refractivity contribution < 1.29 is 17.6 Å². The molecule has 1 aromatic heterocycles. The molecule has 3 N–H and O–H groups in total. The van der Waals surface area contributed by atoms with Gasteiger partial charge in [0.05, 0.1) is 11.8 Å². The van der Waals surface area contributed by atoms with Crippen molar-refractivity contribution in [2.24, 2.45) is 0 Å². The third-order valence-electron chi connectivity index (χ3n) is 6.23. The highest BCUT2D eigenvalue weighted by Crippen LogP contribution is 2.31. The third-order valence-corrected chi connectivity index (χ3v) is 6.23. The summed E-state index contributed by atoms with van der Waals surface area (Å²) < 4.78 is 53.6. The first-order valence-electron chi connectivity index (χ1n) is 12.3. The van der Waals surface area contributed by atoms with Gasteiger partial charge in [-0.25, -0.2) is 9.37 Å². The van der Waals surface area contributed by atoms with Crippen LogP contribution in [0.4, 0.5) is 35.0 Å². The monoisotopic (exact) mass is 526 g/mol. The van der Waals surface area contributed by atoms with E-state index in [1.54, 1.807) is 12.3 Å². The van der Waals surface area contributed by atoms with Crippen molar-refractivity contribution in [1.29, 1.82) is 0 Å². The molecule has 0 radical (unpaired) electrons. The van der Waals surface area contributed by atoms with Gasteiger partial charge in [0.25, 0.3) is 0 Å². The minimum absolute atomic E-state index is 0.238. The maximum Gasteiger partial charge on any atom is 0.416 e. The molecule has 0 bridgehead atoms. The molecule has 1 atom stereocenters. The van der Waals surface area contributed by atoms with Crippen LogP contribution in [0, 0.1) is 5.82 Å². The van der Waals surface area contributed by atoms with Crippen molar-refractivity contribution in [3.05, 3.63) is 89.5 Å². The minimum Gasteiger partial charge on any atom is -0.356 e. The van der Waals surface area contributed by atoms with Crippen LogP contribution in [0.25, 0.3) is 11.8 Å². The average molecular weight is 527 g/mol. The molecule has 0 saturated carbocycles. The van der Waals surface area contributed by atoms with Crippen molar-refractivity contribution in [3.63, 3.8) is 0 Å². The van der Waals surface area contributed by atoms with E-state index in [9.17, 15) is 17.6 Å². The van der Waals surface area contributed by atoms with Gasteiger partial charge < -0.3 is 20.9 Å². The molecule has 1 aliphatic heterocycles. The first kappa shape index (κ1) is 27.1. The number of aromatic nitrogens is 2. The number of nitrogens with zero attached hydrogens (tertiary/aromatic N) is 3. The molecule has 6 nitrogen and oxygen atoms in total. The van der Waals surface area contributed by atoms with Gasteiger partial charge in [-0.2, -0.15) is 18.2 Å². The molecule has 0 amide bonds. The molecule has 1 unspecified atom stereocenters. The molecule has 10 heteroatoms. The topological polar surface area (TPSA) is 65.1 Å². The van der Waals surface area contributed by atoms with Crippen molar-refractivity contribution in [1.82, 2.24) is 15.3 Å². The lowest BCUT2D eigenvalue weighted by Gasteiger charge is -2.32. The number of aryl methyl sites for hydroxylation is 1. The molecule has 2 aromatic carbocycles. The number of rotatable bonds is 8. The number of piperazine rings is 1. The fourth-order valence-corrected chi connectivity index (χ4v) is 4.26. The number of hydrogen-bond donors (Lipinski definition) is 3. The number of hydrogen-bond acceptors (Lipinski definition) is 6. The van der Waals surface area contributed by atoms with Crippen LogP contribution in [-0.2, 0) is 12.6 Å². The quantitative estimate of drug-likeness (QED) is 0.306. The fraction of sp³-hybridized carbons (Fsp3) is 0.286. The lowest BCUT2D eigenvalue weighted by molar-refractivity contribution is -0.137. The Kier molecular flexibility index (Phi) is 8.31. The summed E-state index contributed by atoms with van der Waals surface area (Å²) in [6, 6.07) is 10.9. The standard InChI is InChI=1S/C28H30F4N6/c1-4-20-15-24(36-19(3)22-6-5-7-23(14-22)28(30,31)32)9-8-21(20)10-11-34-27-35-16-25(29)26(37-27)38-13-12-33-18(2)17-38/h5-11,14-16,18,33,36H,3-4,12-13,17H2,1-2H3,(H,34,35,37)/b11-10+. The highest BCUT2D eigenvalue weighted by atomic mass is 19.4. The Morgan fingerprint density at radius 2 is 2.05 bits per heavy atom. The molecular formula is C28H30F4N6. The Morgan fingerprint density at radius 3 is 2.79 bits per heavy atom. The van der Waals surface area contributed by atoms with Crippen molar-refractivity contribution in [2.45, 2.75) is 32.5 Å². The van der Waals surface area contributed by atoms with Gasteiger partial charge >= 0.3 is 6.18 Å². The first-order chi connectivity index (χ1) is 18.1. The lowest BCUT2D eigenvalue weighted by Crippen LogP contribution is -2.49. The van der Waals surface area contributed by atoms with E-state index in [2.05, 4.69) is 32.5 Å². The predicted octanol–water partition coefficient (Wildman–Crippen LogP) is 6.16. The van der Waals surface area contributed by atoms with Crippen LogP contribution in [0.3, 0.4) is 0 Å². The molecule has 4 rings (SSSR count). The fourth-order valence-electron chi connectivity index (χ4n) is 4.26. The third kappa shape index (κ3) is 6.69. The van der Waals surface area contributed by atoms with E-state index in [4.69, 9.17) is 0 Å². The van der Waals surface area contributed by atoms with Crippen molar-refractivity contribution in [2.75, 3.05) is 35.2 Å². The van der Waals surface area contributed by atoms with Crippen LogP contribution in [-0.4, -0.2) is 35.6 Å². The van der Waals surface area contributed by atoms with Crippen LogP contribution in [0.5, 0.6) is 0 Å². The second kappa shape index (κ2) is 11.6. The number of benzene rings is 2. The zero-order chi connectivity index (χ0) is 27.3. The van der Waals surface area contributed by atoms with Gasteiger partial charge in [-0.3, -0.25) is 0 Å². The summed E-state index contributed by atoms with van der Waals surface area (Å²) in [7, 11) is 0. The minimum atomic E-state index is -4.42. The smallest absolute Gasteiger partial charge is 0.356 e. The Hall–Kier alpha value is -3.92. The number of halogens is 4. The van der Waals surface area contributed by atoms with E-state index in [0.717, 1.165) is 36.2 Å². The van der Waals surface area contributed by atoms with Crippen LogP contribution < -0.4 is 20.9 Å². The van der Waals surface area contributed by atoms with E-state index in [-0.39, 0.29) is 17.8 Å². The number of alkyl halides is 3. The molecular weight excluding hydrogens is 496 g/mol. The predicted molar refractivity (Wildman–Crippen MR) is 144 cm³/mol. The molecule has 0 aliphatic carbocycles. The Balaban J connectivity index is 1.44. The summed E-state index contributed by atoms with van der Waals surface area (Å²) in [5.41, 5.74) is 2.67. The van der Waals surface area contributed by atoms with E-state index in [1.165, 1.54) is 12.3 Å². The molecule has 1 saturated heterocycles. The highest BCUT2D eigenvalue weighted by Gasteiger charge is 2.30. The van der Waals surface area contributed by atoms with Gasteiger partial charge in [0.2, 0.25) is 5.95 Å². The SMILES string of the molecule is C=C(Nc1ccc(/C=C/Nc2ncc(F)c(N3CCNC(C)C3)n2)c(CC)c1)c1cccc(C(F)(F)F)c1. The summed E-state index contributed by atoms with van der Waals surface area (Å²) >= 11 is 0. The van der Waals surface area contributed by atoms with Crippen LogP contribution in [0.15, 0.2) is 61.4 Å². The van der Waals surface area contributed by atoms with E-state index in [0.29, 0.717) is 30.0 Å². The van der Waals surface area contributed by atoms with Gasteiger partial charge in [-0.05, 0) is 60.4 Å². The zero-order valence-electron chi connectivity index (χ0n) is 21.2. The molecule has 2 heterocycles. The summed E-state index contributed by atoms with van der Waals surface area (Å²) in [5.74, 6) is 0.101. The van der Waals surface area contributed by atoms with Crippen LogP contribution in [0.2, 0.25) is 0 Å². The summed E-state index contributed by atoms with van der Waals surface area (Å²) in [4.78, 5) is 10.3. The lowest BCUT2D eigenvalue weighted by atomic mass is 10.0. The summed E-state index contributed by atoms with van der Waals surface area (Å²) in [5, 5.41) is 9.44. The van der Waals surface area contributed by atoms with E-state index >= 15 is 0 Å². The largest absolute Gasteiger partial charge is 0.416 e. The first-order valence-corrected chi connectivity index (χ1v) is 12.3. The molecule has 0 spiro atoms. The molecule has 200 valence electrons. The molecule has 3 aromatic rings. The second-order valence-electron chi connectivity index (χ2n) is 9.09. The number of anilines is 3. The van der Waals surface area contributed by atoms with Gasteiger partial charge in [0.15, 0.2) is 11.6 Å². The molecule has 38 heavy (non-hydrogen) atoms.